The number of hydrogen-bond donors (Lipinski definition) is 0. The fourth-order valence-electron chi connectivity index (χ4n) is 1.67. The minimum Gasteiger partial charge on any atom is -0.468 e. The van der Waals surface area contributed by atoms with Crippen LogP contribution in [-0.4, -0.2) is 18.5 Å². The lowest BCUT2D eigenvalue weighted by Gasteiger charge is -2.26. The van der Waals surface area contributed by atoms with E-state index >= 15 is 0 Å². The zero-order chi connectivity index (χ0) is 12.2. The Morgan fingerprint density at radius 2 is 1.94 bits per heavy atom. The predicted octanol–water partition coefficient (Wildman–Crippen LogP) is 3.13. The Bertz CT molecular complexity index is 346. The average Bonchev–Trinajstić information content (AvgIpc) is 2.28. The number of alkyl halides is 1. The largest absolute Gasteiger partial charge is 0.468 e. The summed E-state index contributed by atoms with van der Waals surface area (Å²) in [5.41, 5.74) is 1.03. The van der Waals surface area contributed by atoms with E-state index in [-0.39, 0.29) is 11.4 Å². The molecule has 3 heteroatoms. The van der Waals surface area contributed by atoms with Crippen molar-refractivity contribution in [2.24, 2.45) is 0 Å². The van der Waals surface area contributed by atoms with Crippen molar-refractivity contribution in [1.82, 2.24) is 0 Å². The first kappa shape index (κ1) is 13.0. The fourth-order valence-corrected chi connectivity index (χ4v) is 2.14. The summed E-state index contributed by atoms with van der Waals surface area (Å²) in [6.07, 6.45) is 0.561. The van der Waals surface area contributed by atoms with Gasteiger partial charge >= 0.3 is 5.97 Å². The molecule has 0 saturated heterocycles. The molecule has 0 amide bonds. The monoisotopic (exact) mass is 240 g/mol. The SMILES string of the molecule is COC(=O)C(Cl)CC(C)(C)c1ccccc1. The third kappa shape index (κ3) is 3.24. The smallest absolute Gasteiger partial charge is 0.323 e. The van der Waals surface area contributed by atoms with E-state index in [1.165, 1.54) is 12.7 Å². The lowest BCUT2D eigenvalue weighted by Crippen LogP contribution is -2.27. The van der Waals surface area contributed by atoms with Crippen molar-refractivity contribution in [3.63, 3.8) is 0 Å². The Morgan fingerprint density at radius 1 is 1.38 bits per heavy atom. The van der Waals surface area contributed by atoms with E-state index in [1.54, 1.807) is 0 Å². The highest BCUT2D eigenvalue weighted by atomic mass is 35.5. The molecular formula is C13H17ClO2. The van der Waals surface area contributed by atoms with Gasteiger partial charge in [-0.3, -0.25) is 4.79 Å². The predicted molar refractivity (Wildman–Crippen MR) is 65.7 cm³/mol. The maximum Gasteiger partial charge on any atom is 0.323 e. The highest BCUT2D eigenvalue weighted by Crippen LogP contribution is 2.30. The molecule has 0 aliphatic rings. The summed E-state index contributed by atoms with van der Waals surface area (Å²) in [7, 11) is 1.35. The Labute approximate surface area is 102 Å². The van der Waals surface area contributed by atoms with Gasteiger partial charge in [0.25, 0.3) is 0 Å². The number of halogens is 1. The van der Waals surface area contributed by atoms with E-state index < -0.39 is 5.38 Å². The molecule has 1 aromatic rings. The fraction of sp³-hybridized carbons (Fsp3) is 0.462. The number of methoxy groups -OCH3 is 1. The summed E-state index contributed by atoms with van der Waals surface area (Å²) in [6, 6.07) is 10.0. The van der Waals surface area contributed by atoms with Gasteiger partial charge in [-0.25, -0.2) is 0 Å². The molecule has 0 N–H and O–H groups in total. The lowest BCUT2D eigenvalue weighted by atomic mass is 9.80. The Morgan fingerprint density at radius 3 is 2.44 bits per heavy atom. The van der Waals surface area contributed by atoms with Gasteiger partial charge in [0, 0.05) is 0 Å². The summed E-state index contributed by atoms with van der Waals surface area (Å²) in [5.74, 6) is -0.370. The molecule has 1 rings (SSSR count). The second-order valence-electron chi connectivity index (χ2n) is 4.44. The van der Waals surface area contributed by atoms with E-state index in [0.29, 0.717) is 6.42 Å². The second kappa shape index (κ2) is 5.35. The van der Waals surface area contributed by atoms with Gasteiger partial charge in [0.15, 0.2) is 0 Å². The number of carbonyl (C=O) groups is 1. The molecule has 0 fully saturated rings. The van der Waals surface area contributed by atoms with Gasteiger partial charge in [-0.2, -0.15) is 0 Å². The zero-order valence-corrected chi connectivity index (χ0v) is 10.6. The third-order valence-electron chi connectivity index (χ3n) is 2.70. The first-order valence-electron chi connectivity index (χ1n) is 5.25. The van der Waals surface area contributed by atoms with Crippen LogP contribution >= 0.6 is 11.6 Å². The molecule has 0 aromatic heterocycles. The normalized spacial score (nSPS) is 13.2. The van der Waals surface area contributed by atoms with Gasteiger partial charge in [-0.1, -0.05) is 44.2 Å². The lowest BCUT2D eigenvalue weighted by molar-refractivity contribution is -0.140. The number of carbonyl (C=O) groups excluding carboxylic acids is 1. The third-order valence-corrected chi connectivity index (χ3v) is 3.03. The van der Waals surface area contributed by atoms with Gasteiger partial charge in [0.2, 0.25) is 0 Å². The molecule has 0 aliphatic carbocycles. The molecule has 0 saturated carbocycles. The molecule has 1 atom stereocenters. The first-order valence-corrected chi connectivity index (χ1v) is 5.68. The van der Waals surface area contributed by atoms with Crippen LogP contribution < -0.4 is 0 Å². The van der Waals surface area contributed by atoms with Crippen LogP contribution in [0.5, 0.6) is 0 Å². The van der Waals surface area contributed by atoms with Crippen LogP contribution in [0, 0.1) is 0 Å². The Hall–Kier alpha value is -1.02. The maximum atomic E-state index is 11.3. The summed E-state index contributed by atoms with van der Waals surface area (Å²) in [4.78, 5) is 11.3. The quantitative estimate of drug-likeness (QED) is 0.597. The van der Waals surface area contributed by atoms with E-state index in [4.69, 9.17) is 11.6 Å². The van der Waals surface area contributed by atoms with Gasteiger partial charge in [-0.05, 0) is 17.4 Å². The van der Waals surface area contributed by atoms with Gasteiger partial charge < -0.3 is 4.74 Å². The Balaban J connectivity index is 2.76. The van der Waals surface area contributed by atoms with Crippen LogP contribution in [0.25, 0.3) is 0 Å². The summed E-state index contributed by atoms with van der Waals surface area (Å²) in [5, 5.41) is -0.597. The van der Waals surface area contributed by atoms with Gasteiger partial charge in [0.05, 0.1) is 7.11 Å². The molecule has 88 valence electrons. The average molecular weight is 241 g/mol. The molecular weight excluding hydrogens is 224 g/mol. The number of hydrogen-bond acceptors (Lipinski definition) is 2. The van der Waals surface area contributed by atoms with Crippen LogP contribution in [0.4, 0.5) is 0 Å². The molecule has 2 nitrogen and oxygen atoms in total. The van der Waals surface area contributed by atoms with E-state index in [2.05, 4.69) is 18.6 Å². The van der Waals surface area contributed by atoms with Crippen molar-refractivity contribution in [1.29, 1.82) is 0 Å². The van der Waals surface area contributed by atoms with Gasteiger partial charge in [0.1, 0.15) is 5.38 Å². The van der Waals surface area contributed by atoms with Crippen LogP contribution in [0.15, 0.2) is 30.3 Å². The highest BCUT2D eigenvalue weighted by molar-refractivity contribution is 6.29. The van der Waals surface area contributed by atoms with Crippen molar-refractivity contribution < 1.29 is 9.53 Å². The van der Waals surface area contributed by atoms with Crippen molar-refractivity contribution in [3.8, 4) is 0 Å². The molecule has 0 bridgehead atoms. The second-order valence-corrected chi connectivity index (χ2v) is 4.97. The number of ether oxygens (including phenoxy) is 1. The summed E-state index contributed by atoms with van der Waals surface area (Å²) < 4.78 is 4.62. The minimum atomic E-state index is -0.597. The van der Waals surface area contributed by atoms with Crippen molar-refractivity contribution in [2.75, 3.05) is 7.11 Å². The molecule has 1 unspecified atom stereocenters. The van der Waals surface area contributed by atoms with E-state index in [9.17, 15) is 4.79 Å². The molecule has 1 aromatic carbocycles. The van der Waals surface area contributed by atoms with E-state index in [1.807, 2.05) is 30.3 Å². The van der Waals surface area contributed by atoms with Crippen LogP contribution in [0.3, 0.4) is 0 Å². The topological polar surface area (TPSA) is 26.3 Å². The number of esters is 1. The molecule has 16 heavy (non-hydrogen) atoms. The number of rotatable bonds is 4. The summed E-state index contributed by atoms with van der Waals surface area (Å²) >= 11 is 5.99. The highest BCUT2D eigenvalue weighted by Gasteiger charge is 2.28. The maximum absolute atomic E-state index is 11.3. The van der Waals surface area contributed by atoms with E-state index in [0.717, 1.165) is 0 Å². The first-order chi connectivity index (χ1) is 7.47. The van der Waals surface area contributed by atoms with Crippen LogP contribution in [0.2, 0.25) is 0 Å². The summed E-state index contributed by atoms with van der Waals surface area (Å²) in [6.45, 7) is 4.14. The molecule has 0 heterocycles. The minimum absolute atomic E-state index is 0.137. The number of benzene rings is 1. The van der Waals surface area contributed by atoms with Crippen molar-refractivity contribution in [2.45, 2.75) is 31.1 Å². The zero-order valence-electron chi connectivity index (χ0n) is 9.87. The van der Waals surface area contributed by atoms with Gasteiger partial charge in [-0.15, -0.1) is 11.6 Å². The van der Waals surface area contributed by atoms with Crippen molar-refractivity contribution in [3.05, 3.63) is 35.9 Å². The van der Waals surface area contributed by atoms with Crippen molar-refractivity contribution >= 4 is 17.6 Å². The standard InChI is InChI=1S/C13H17ClO2/c1-13(2,9-11(14)12(15)16-3)10-7-5-4-6-8-10/h4-8,11H,9H2,1-3H3. The molecule has 0 radical (unpaired) electrons. The van der Waals surface area contributed by atoms with Crippen LogP contribution in [-0.2, 0) is 14.9 Å². The molecule has 0 aliphatic heterocycles. The molecule has 0 spiro atoms. The van der Waals surface area contributed by atoms with Crippen LogP contribution in [0.1, 0.15) is 25.8 Å². The Kier molecular flexibility index (Phi) is 4.36.